The van der Waals surface area contributed by atoms with Gasteiger partial charge in [0.15, 0.2) is 5.69 Å². The lowest BCUT2D eigenvalue weighted by Crippen LogP contribution is -1.95. The van der Waals surface area contributed by atoms with Crippen molar-refractivity contribution < 1.29 is 15.0 Å². The Labute approximate surface area is 84.4 Å². The van der Waals surface area contributed by atoms with Crippen LogP contribution in [0.15, 0.2) is 30.5 Å². The molecule has 2 rings (SSSR count). The zero-order chi connectivity index (χ0) is 10.8. The lowest BCUT2D eigenvalue weighted by molar-refractivity contribution is 0.0690. The van der Waals surface area contributed by atoms with E-state index in [-0.39, 0.29) is 11.4 Å². The Balaban J connectivity index is 2.37. The molecule has 0 saturated carbocycles. The molecule has 0 fully saturated rings. The quantitative estimate of drug-likeness (QED) is 0.752. The van der Waals surface area contributed by atoms with Crippen LogP contribution in [0, 0.1) is 0 Å². The zero-order valence-electron chi connectivity index (χ0n) is 7.53. The third-order valence-electron chi connectivity index (χ3n) is 1.83. The molecule has 0 spiro atoms. The molecule has 0 amide bonds. The van der Waals surface area contributed by atoms with Gasteiger partial charge in [-0.25, -0.2) is 9.48 Å². The van der Waals surface area contributed by atoms with Gasteiger partial charge in [-0.2, -0.15) is 0 Å². The number of carboxylic acid groups (broad SMARTS) is 1. The van der Waals surface area contributed by atoms with Crippen molar-refractivity contribution in [2.24, 2.45) is 0 Å². The summed E-state index contributed by atoms with van der Waals surface area (Å²) in [6.45, 7) is 0. The van der Waals surface area contributed by atoms with Crippen LogP contribution in [-0.2, 0) is 0 Å². The highest BCUT2D eigenvalue weighted by Crippen LogP contribution is 2.12. The second-order valence-electron chi connectivity index (χ2n) is 2.87. The summed E-state index contributed by atoms with van der Waals surface area (Å²) in [6, 6.07) is 6.18. The Bertz CT molecular complexity index is 490. The molecule has 6 nitrogen and oxygen atoms in total. The van der Waals surface area contributed by atoms with E-state index in [2.05, 4.69) is 10.3 Å². The molecular formula is C9H7N3O3. The second kappa shape index (κ2) is 3.41. The van der Waals surface area contributed by atoms with Crippen molar-refractivity contribution in [3.63, 3.8) is 0 Å². The van der Waals surface area contributed by atoms with Gasteiger partial charge in [-0.15, -0.1) is 5.10 Å². The van der Waals surface area contributed by atoms with Gasteiger partial charge in [0.25, 0.3) is 0 Å². The lowest BCUT2D eigenvalue weighted by atomic mass is 10.3. The molecule has 0 aliphatic heterocycles. The smallest absolute Gasteiger partial charge is 0.358 e. The first kappa shape index (κ1) is 9.20. The second-order valence-corrected chi connectivity index (χ2v) is 2.87. The van der Waals surface area contributed by atoms with E-state index in [1.54, 1.807) is 12.1 Å². The van der Waals surface area contributed by atoms with Gasteiger partial charge in [0.2, 0.25) is 0 Å². The third kappa shape index (κ3) is 1.78. The summed E-state index contributed by atoms with van der Waals surface area (Å²) in [5.74, 6) is -0.989. The third-order valence-corrected chi connectivity index (χ3v) is 1.83. The van der Waals surface area contributed by atoms with Crippen molar-refractivity contribution in [2.75, 3.05) is 0 Å². The van der Waals surface area contributed by atoms with Gasteiger partial charge in [0.1, 0.15) is 5.75 Å². The van der Waals surface area contributed by atoms with Crippen LogP contribution in [0.5, 0.6) is 5.75 Å². The van der Waals surface area contributed by atoms with E-state index in [0.29, 0.717) is 5.69 Å². The zero-order valence-corrected chi connectivity index (χ0v) is 7.53. The molecule has 2 aromatic rings. The summed E-state index contributed by atoms with van der Waals surface area (Å²) in [7, 11) is 0. The first-order valence-electron chi connectivity index (χ1n) is 4.12. The van der Waals surface area contributed by atoms with Crippen LogP contribution in [0.4, 0.5) is 0 Å². The fourth-order valence-corrected chi connectivity index (χ4v) is 1.09. The highest BCUT2D eigenvalue weighted by Gasteiger charge is 2.08. The summed E-state index contributed by atoms with van der Waals surface area (Å²) >= 11 is 0. The molecule has 1 heterocycles. The van der Waals surface area contributed by atoms with Crippen LogP contribution in [0.1, 0.15) is 10.5 Å². The van der Waals surface area contributed by atoms with Gasteiger partial charge >= 0.3 is 5.97 Å². The number of benzene rings is 1. The molecule has 0 atom stereocenters. The van der Waals surface area contributed by atoms with Gasteiger partial charge < -0.3 is 10.2 Å². The first-order valence-corrected chi connectivity index (χ1v) is 4.12. The van der Waals surface area contributed by atoms with Gasteiger partial charge in [-0.1, -0.05) is 5.21 Å². The number of hydrogen-bond acceptors (Lipinski definition) is 4. The average molecular weight is 205 g/mol. The van der Waals surface area contributed by atoms with Gasteiger partial charge in [-0.3, -0.25) is 0 Å². The van der Waals surface area contributed by atoms with Crippen molar-refractivity contribution in [3.05, 3.63) is 36.2 Å². The van der Waals surface area contributed by atoms with Crippen LogP contribution in [-0.4, -0.2) is 31.2 Å². The van der Waals surface area contributed by atoms with Crippen LogP contribution >= 0.6 is 0 Å². The molecule has 0 bridgehead atoms. The number of aromatic nitrogens is 3. The fraction of sp³-hybridized carbons (Fsp3) is 0. The maximum absolute atomic E-state index is 10.5. The Morgan fingerprint density at radius 2 is 1.93 bits per heavy atom. The highest BCUT2D eigenvalue weighted by atomic mass is 16.4. The summed E-state index contributed by atoms with van der Waals surface area (Å²) in [4.78, 5) is 10.5. The Hall–Kier alpha value is -2.37. The minimum absolute atomic E-state index is 0.122. The van der Waals surface area contributed by atoms with Crippen LogP contribution in [0.3, 0.4) is 0 Å². The van der Waals surface area contributed by atoms with Crippen molar-refractivity contribution in [1.29, 1.82) is 0 Å². The number of phenolic OH excluding ortho intramolecular Hbond substituents is 1. The van der Waals surface area contributed by atoms with Gasteiger partial charge in [0.05, 0.1) is 11.9 Å². The number of nitrogens with zero attached hydrogens (tertiary/aromatic N) is 3. The molecule has 0 aliphatic rings. The van der Waals surface area contributed by atoms with E-state index in [1.807, 2.05) is 0 Å². The van der Waals surface area contributed by atoms with E-state index in [0.717, 1.165) is 0 Å². The van der Waals surface area contributed by atoms with Crippen molar-refractivity contribution in [3.8, 4) is 11.4 Å². The van der Waals surface area contributed by atoms with E-state index in [9.17, 15) is 4.79 Å². The minimum atomic E-state index is -1.12. The molecule has 0 radical (unpaired) electrons. The topological polar surface area (TPSA) is 88.2 Å². The highest BCUT2D eigenvalue weighted by molar-refractivity contribution is 5.84. The summed E-state index contributed by atoms with van der Waals surface area (Å²) < 4.78 is 1.32. The summed E-state index contributed by atoms with van der Waals surface area (Å²) in [6.07, 6.45) is 1.30. The van der Waals surface area contributed by atoms with Crippen LogP contribution in [0.25, 0.3) is 5.69 Å². The molecule has 6 heteroatoms. The largest absolute Gasteiger partial charge is 0.508 e. The monoisotopic (exact) mass is 205 g/mol. The summed E-state index contributed by atoms with van der Waals surface area (Å²) in [5, 5.41) is 24.8. The summed E-state index contributed by atoms with van der Waals surface area (Å²) in [5.41, 5.74) is 0.510. The maximum Gasteiger partial charge on any atom is 0.358 e. The number of rotatable bonds is 2. The van der Waals surface area contributed by atoms with Gasteiger partial charge in [-0.05, 0) is 24.3 Å². The van der Waals surface area contributed by atoms with Crippen molar-refractivity contribution in [2.45, 2.75) is 0 Å². The molecular weight excluding hydrogens is 198 g/mol. The number of carboxylic acids is 1. The predicted octanol–water partition coefficient (Wildman–Crippen LogP) is 0.671. The number of aromatic carboxylic acids is 1. The Kier molecular flexibility index (Phi) is 2.09. The number of phenols is 1. The standard InChI is InChI=1S/C9H7N3O3/c13-7-3-1-6(2-4-7)12-5-8(9(14)15)10-11-12/h1-5,13H,(H,14,15). The molecule has 1 aromatic heterocycles. The predicted molar refractivity (Wildman–Crippen MR) is 50.0 cm³/mol. The SMILES string of the molecule is O=C(O)c1cn(-c2ccc(O)cc2)nn1. The molecule has 76 valence electrons. The fourth-order valence-electron chi connectivity index (χ4n) is 1.09. The van der Waals surface area contributed by atoms with Crippen molar-refractivity contribution >= 4 is 5.97 Å². The molecule has 0 aliphatic carbocycles. The average Bonchev–Trinajstić information content (AvgIpc) is 2.68. The number of carbonyl (C=O) groups is 1. The minimum Gasteiger partial charge on any atom is -0.508 e. The van der Waals surface area contributed by atoms with E-state index in [4.69, 9.17) is 10.2 Å². The van der Waals surface area contributed by atoms with E-state index in [1.165, 1.54) is 23.0 Å². The molecule has 15 heavy (non-hydrogen) atoms. The first-order chi connectivity index (χ1) is 7.16. The van der Waals surface area contributed by atoms with E-state index < -0.39 is 5.97 Å². The Morgan fingerprint density at radius 1 is 1.27 bits per heavy atom. The van der Waals surface area contributed by atoms with Gasteiger partial charge in [0, 0.05) is 0 Å². The van der Waals surface area contributed by atoms with Crippen LogP contribution < -0.4 is 0 Å². The normalized spacial score (nSPS) is 10.1. The maximum atomic E-state index is 10.5. The van der Waals surface area contributed by atoms with E-state index >= 15 is 0 Å². The van der Waals surface area contributed by atoms with Crippen LogP contribution in [0.2, 0.25) is 0 Å². The molecule has 0 saturated heterocycles. The lowest BCUT2D eigenvalue weighted by Gasteiger charge is -1.98. The molecule has 0 unspecified atom stereocenters. The molecule has 2 N–H and O–H groups in total. The van der Waals surface area contributed by atoms with Crippen molar-refractivity contribution in [1.82, 2.24) is 15.0 Å². The Morgan fingerprint density at radius 3 is 2.47 bits per heavy atom. The molecule has 1 aromatic carbocycles. The number of aromatic hydroxyl groups is 1. The number of hydrogen-bond donors (Lipinski definition) is 2.